The molecule has 430 valence electrons. The fourth-order valence-electron chi connectivity index (χ4n) is 8.09. The summed E-state index contributed by atoms with van der Waals surface area (Å²) in [5.74, 6) is -1.44. The average Bonchev–Trinajstić information content (AvgIpc) is 3.37. The van der Waals surface area contributed by atoms with Crippen molar-refractivity contribution in [3.05, 3.63) is 29.7 Å². The molecule has 76 heavy (non-hydrogen) atoms. The van der Waals surface area contributed by atoms with E-state index >= 15 is 0 Å². The Balaban J connectivity index is 1.72. The van der Waals surface area contributed by atoms with E-state index in [-0.39, 0.29) is 84.2 Å². The molecule has 7 amide bonds. The lowest BCUT2D eigenvalue weighted by Crippen LogP contribution is -2.69. The number of allylic oxidation sites excluding steroid dienone is 1. The minimum absolute atomic E-state index is 0.102. The van der Waals surface area contributed by atoms with E-state index in [0.717, 1.165) is 11.1 Å². The lowest BCUT2D eigenvalue weighted by molar-refractivity contribution is -0.333. The summed E-state index contributed by atoms with van der Waals surface area (Å²) in [6, 6.07) is -3.67. The Kier molecular flexibility index (Phi) is 29.6. The molecule has 0 spiro atoms. The molecule has 7 N–H and O–H groups in total. The fourth-order valence-corrected chi connectivity index (χ4v) is 8.09. The molecule has 0 radical (unpaired) electrons. The summed E-state index contributed by atoms with van der Waals surface area (Å²) in [4.78, 5) is 96.6. The van der Waals surface area contributed by atoms with Crippen LogP contribution >= 0.6 is 0 Å². The molecule has 10 unspecified atom stereocenters. The van der Waals surface area contributed by atoms with Crippen molar-refractivity contribution >= 4 is 47.9 Å². The van der Waals surface area contributed by atoms with Crippen LogP contribution < -0.4 is 26.6 Å². The van der Waals surface area contributed by atoms with Crippen LogP contribution in [0.4, 0.5) is 19.2 Å². The van der Waals surface area contributed by atoms with Crippen LogP contribution in [-0.4, -0.2) is 209 Å². The molecule has 3 saturated heterocycles. The van der Waals surface area contributed by atoms with Crippen LogP contribution in [0.2, 0.25) is 0 Å². The van der Waals surface area contributed by atoms with Gasteiger partial charge in [-0.3, -0.25) is 24.3 Å². The van der Waals surface area contributed by atoms with Crippen LogP contribution in [0.3, 0.4) is 0 Å². The van der Waals surface area contributed by atoms with E-state index in [1.54, 1.807) is 48.6 Å². The largest absolute Gasteiger partial charge is 0.466 e. The second-order valence-electron chi connectivity index (χ2n) is 17.6. The number of likely N-dealkylation sites (N-methyl/N-ethyl adjacent to an activating group) is 1. The molecule has 0 bridgehead atoms. The molecule has 3 rings (SSSR count). The zero-order valence-corrected chi connectivity index (χ0v) is 45.3. The van der Waals surface area contributed by atoms with E-state index in [4.69, 9.17) is 42.6 Å². The number of esters is 2. The van der Waals surface area contributed by atoms with Crippen LogP contribution in [0.5, 0.6) is 0 Å². The summed E-state index contributed by atoms with van der Waals surface area (Å²) in [5.41, 5.74) is 3.70. The number of ether oxygens (including phenoxy) is 9. The molecule has 3 aliphatic rings. The Morgan fingerprint density at radius 2 is 1.42 bits per heavy atom. The summed E-state index contributed by atoms with van der Waals surface area (Å²) >= 11 is 0. The molecular formula is C50H82N8O18. The van der Waals surface area contributed by atoms with Gasteiger partial charge in [0.15, 0.2) is 12.6 Å². The third kappa shape index (κ3) is 20.7. The van der Waals surface area contributed by atoms with Gasteiger partial charge in [0.25, 0.3) is 0 Å². The van der Waals surface area contributed by atoms with Gasteiger partial charge in [0.05, 0.1) is 44.7 Å². The Bertz CT molecular complexity index is 2000. The van der Waals surface area contributed by atoms with Gasteiger partial charge >= 0.3 is 36.2 Å². The highest BCUT2D eigenvalue weighted by Crippen LogP contribution is 2.31. The molecule has 0 aromatic heterocycles. The zero-order valence-electron chi connectivity index (χ0n) is 45.3. The van der Waals surface area contributed by atoms with Crippen molar-refractivity contribution in [2.24, 2.45) is 4.99 Å². The molecule has 26 nitrogen and oxygen atoms in total. The van der Waals surface area contributed by atoms with Crippen molar-refractivity contribution in [3.63, 3.8) is 0 Å². The van der Waals surface area contributed by atoms with Crippen LogP contribution in [-0.2, 0) is 57.0 Å². The third-order valence-electron chi connectivity index (χ3n) is 11.9. The first-order valence-electron chi connectivity index (χ1n) is 26.2. The maximum Gasteiger partial charge on any atom is 0.407 e. The van der Waals surface area contributed by atoms with Gasteiger partial charge in [-0.25, -0.2) is 24.1 Å². The summed E-state index contributed by atoms with van der Waals surface area (Å²) in [6.07, 6.45) is -8.10. The first-order chi connectivity index (χ1) is 36.5. The number of amidine groups is 1. The summed E-state index contributed by atoms with van der Waals surface area (Å²) in [5, 5.41) is 37.1. The van der Waals surface area contributed by atoms with Crippen molar-refractivity contribution in [2.75, 3.05) is 79.4 Å². The number of nitrogens with zero attached hydrogens (tertiary/aromatic N) is 3. The predicted octanol–water partition coefficient (Wildman–Crippen LogP) is 2.26. The number of imide groups is 1. The second-order valence-corrected chi connectivity index (χ2v) is 17.6. The number of carbonyl (C=O) groups is 7. The highest BCUT2D eigenvalue weighted by Gasteiger charge is 2.53. The van der Waals surface area contributed by atoms with Gasteiger partial charge in [0.1, 0.15) is 61.7 Å². The van der Waals surface area contributed by atoms with E-state index < -0.39 is 117 Å². The summed E-state index contributed by atoms with van der Waals surface area (Å²) in [6.45, 7) is 16.7. The maximum atomic E-state index is 13.7. The van der Waals surface area contributed by atoms with E-state index in [1.807, 2.05) is 6.92 Å². The maximum absolute atomic E-state index is 13.7. The number of urea groups is 2. The number of carbonyl (C=O) groups excluding carboxylic acids is 7. The third-order valence-corrected chi connectivity index (χ3v) is 11.9. The molecule has 10 atom stereocenters. The van der Waals surface area contributed by atoms with Crippen molar-refractivity contribution in [2.45, 2.75) is 161 Å². The summed E-state index contributed by atoms with van der Waals surface area (Å²) < 4.78 is 51.5. The highest BCUT2D eigenvalue weighted by molar-refractivity contribution is 6.16. The van der Waals surface area contributed by atoms with Crippen molar-refractivity contribution in [1.29, 1.82) is 0 Å². The molecule has 3 fully saturated rings. The fraction of sp³-hybridized carbons (Fsp3) is 0.740. The Hall–Kier alpha value is -5.70. The normalized spacial score (nSPS) is 24.9. The smallest absolute Gasteiger partial charge is 0.407 e. The van der Waals surface area contributed by atoms with E-state index in [1.165, 1.54) is 4.90 Å². The molecule has 26 heteroatoms. The minimum Gasteiger partial charge on any atom is -0.466 e. The van der Waals surface area contributed by atoms with Crippen LogP contribution in [0.1, 0.15) is 99.8 Å². The number of nitrogens with one attached hydrogen (secondary N) is 5. The number of hydrogen-bond acceptors (Lipinski definition) is 20. The lowest BCUT2D eigenvalue weighted by Gasteiger charge is -2.48. The first-order valence-corrected chi connectivity index (χ1v) is 26.2. The monoisotopic (exact) mass is 1080 g/mol. The number of aliphatic hydroxyl groups excluding tert-OH is 2. The summed E-state index contributed by atoms with van der Waals surface area (Å²) in [7, 11) is 1.58. The number of hydrogen-bond donors (Lipinski definition) is 7. The van der Waals surface area contributed by atoms with Gasteiger partial charge in [-0.2, -0.15) is 0 Å². The number of alkyl carbamates (subject to hydrolysis) is 2. The van der Waals surface area contributed by atoms with Crippen molar-refractivity contribution < 1.29 is 86.4 Å². The van der Waals surface area contributed by atoms with E-state index in [9.17, 15) is 43.8 Å². The first kappa shape index (κ1) is 64.6. The molecule has 3 heterocycles. The lowest BCUT2D eigenvalue weighted by atomic mass is 9.94. The number of rotatable bonds is 31. The Morgan fingerprint density at radius 1 is 0.789 bits per heavy atom. The van der Waals surface area contributed by atoms with Gasteiger partial charge in [-0.05, 0) is 73.4 Å². The molecule has 0 saturated carbocycles. The minimum atomic E-state index is -1.53. The topological polar surface area (TPSA) is 322 Å². The zero-order chi connectivity index (χ0) is 56.2. The number of aliphatic hydroxyl groups is 2. The standard InChI is InChI=1S/C50H82N8O18/c1-10-26-71-38(61)27-32(31(7)8)20-24-58-36(59)28-35(57(50(58)67)25-21-37(60)68-13-4)54-22-18-16-17-19-23-55-47(64)56-40-42(63)43(69-14-5)33(29-72-48(65)52-11-2)75-46(40)76-44-34(30-73-49(66)53-12-3)74-45(70-15-6)39(51-9)41(44)62/h24,33-34,39-46,51,62-63H,7,10-19,21-23,25-30H2,1-6,8-9H3,(H,52,65)(H,53,66)(H2,55,56,64). The Labute approximate surface area is 444 Å². The molecule has 0 aromatic rings. The molecule has 0 aromatic carbocycles. The van der Waals surface area contributed by atoms with Crippen molar-refractivity contribution in [3.8, 4) is 0 Å². The van der Waals surface area contributed by atoms with Gasteiger partial charge in [-0.15, -0.1) is 0 Å². The van der Waals surface area contributed by atoms with Gasteiger partial charge in [-0.1, -0.05) is 32.1 Å². The van der Waals surface area contributed by atoms with E-state index in [2.05, 4.69) is 43.9 Å². The van der Waals surface area contributed by atoms with Gasteiger partial charge in [0.2, 0.25) is 5.91 Å². The number of unbranched alkanes of at least 4 members (excludes halogenated alkanes) is 3. The van der Waals surface area contributed by atoms with Gasteiger partial charge < -0.3 is 79.4 Å². The molecular weight excluding hydrogens is 1000 g/mol. The van der Waals surface area contributed by atoms with Crippen LogP contribution in [0, 0.1) is 0 Å². The average molecular weight is 1080 g/mol. The SMILES string of the molecule is C=C(C)C(=C=CN1C(=O)CC(=NCCCCCCNC(=O)NC2C(OC3C(COC(=O)NCC)OC(OCC)C(NC)C3O)OC(COC(=O)NCC)C(OCC)C2O)N(CCC(=O)OCC)C1=O)CC(=O)OCCC. The predicted molar refractivity (Wildman–Crippen MR) is 272 cm³/mol. The second kappa shape index (κ2) is 34.9. The Morgan fingerprint density at radius 3 is 2.03 bits per heavy atom. The number of aliphatic imine (C=N–C) groups is 1. The number of amides is 7. The molecule has 0 aliphatic carbocycles. The highest BCUT2D eigenvalue weighted by atomic mass is 16.7. The molecule has 3 aliphatic heterocycles. The van der Waals surface area contributed by atoms with Crippen LogP contribution in [0.25, 0.3) is 0 Å². The van der Waals surface area contributed by atoms with Crippen LogP contribution in [0.15, 0.2) is 34.6 Å². The van der Waals surface area contributed by atoms with Crippen molar-refractivity contribution in [1.82, 2.24) is 36.4 Å². The van der Waals surface area contributed by atoms with E-state index in [0.29, 0.717) is 43.3 Å². The quantitative estimate of drug-likeness (QED) is 0.0172. The van der Waals surface area contributed by atoms with Gasteiger partial charge in [0, 0.05) is 51.5 Å².